The Morgan fingerprint density at radius 1 is 1.00 bits per heavy atom. The molecule has 2 heteroatoms. The molecule has 0 aliphatic carbocycles. The molecule has 0 atom stereocenters. The molecule has 0 fully saturated rings. The van der Waals surface area contributed by atoms with Crippen molar-refractivity contribution in [3.05, 3.63) is 58.7 Å². The van der Waals surface area contributed by atoms with Crippen LogP contribution in [0.5, 0.6) is 0 Å². The molecule has 0 aliphatic rings. The van der Waals surface area contributed by atoms with Gasteiger partial charge in [0, 0.05) is 0 Å². The molecule has 0 aromatic heterocycles. The Morgan fingerprint density at radius 2 is 1.58 bits per heavy atom. The number of methoxy groups -OCH3 is 1. The van der Waals surface area contributed by atoms with Crippen molar-refractivity contribution < 1.29 is 9.53 Å². The predicted octanol–water partition coefficient (Wildman–Crippen LogP) is 4.07. The molecular formula is C17H18O2. The second-order valence-electron chi connectivity index (χ2n) is 4.81. The molecule has 2 nitrogen and oxygen atoms in total. The summed E-state index contributed by atoms with van der Waals surface area (Å²) in [6.07, 6.45) is 0. The summed E-state index contributed by atoms with van der Waals surface area (Å²) in [5, 5.41) is 0. The van der Waals surface area contributed by atoms with Crippen LogP contribution >= 0.6 is 0 Å². The lowest BCUT2D eigenvalue weighted by Gasteiger charge is -2.14. The van der Waals surface area contributed by atoms with E-state index in [0.717, 1.165) is 11.1 Å². The van der Waals surface area contributed by atoms with E-state index in [4.69, 9.17) is 4.74 Å². The summed E-state index contributed by atoms with van der Waals surface area (Å²) < 4.78 is 4.86. The summed E-state index contributed by atoms with van der Waals surface area (Å²) in [5.41, 5.74) is 6.24. The first-order valence-electron chi connectivity index (χ1n) is 6.30. The predicted molar refractivity (Wildman–Crippen MR) is 77.4 cm³/mol. The number of rotatable bonds is 2. The summed E-state index contributed by atoms with van der Waals surface area (Å²) in [6.45, 7) is 6.22. The third-order valence-electron chi connectivity index (χ3n) is 3.28. The van der Waals surface area contributed by atoms with Crippen LogP contribution in [0, 0.1) is 20.8 Å². The van der Waals surface area contributed by atoms with Crippen LogP contribution in [0.1, 0.15) is 27.0 Å². The monoisotopic (exact) mass is 254 g/mol. The summed E-state index contributed by atoms with van der Waals surface area (Å²) in [5.74, 6) is -0.296. The second kappa shape index (κ2) is 5.27. The van der Waals surface area contributed by atoms with Gasteiger partial charge in [-0.2, -0.15) is 0 Å². The van der Waals surface area contributed by atoms with Gasteiger partial charge in [-0.05, 0) is 49.1 Å². The topological polar surface area (TPSA) is 26.3 Å². The molecule has 0 amide bonds. The molecular weight excluding hydrogens is 236 g/mol. The first kappa shape index (κ1) is 13.3. The van der Waals surface area contributed by atoms with Crippen molar-refractivity contribution in [1.82, 2.24) is 0 Å². The van der Waals surface area contributed by atoms with Gasteiger partial charge in [0.1, 0.15) is 0 Å². The third-order valence-corrected chi connectivity index (χ3v) is 3.28. The molecule has 0 spiro atoms. The number of carbonyl (C=O) groups is 1. The number of aryl methyl sites for hydroxylation is 3. The highest BCUT2D eigenvalue weighted by molar-refractivity contribution is 5.98. The van der Waals surface area contributed by atoms with Crippen molar-refractivity contribution in [3.8, 4) is 11.1 Å². The van der Waals surface area contributed by atoms with Gasteiger partial charge in [0.05, 0.1) is 12.7 Å². The van der Waals surface area contributed by atoms with E-state index in [2.05, 4.69) is 32.9 Å². The Bertz CT molecular complexity index is 604. The lowest BCUT2D eigenvalue weighted by atomic mass is 9.91. The summed E-state index contributed by atoms with van der Waals surface area (Å²) >= 11 is 0. The van der Waals surface area contributed by atoms with Crippen molar-refractivity contribution in [2.24, 2.45) is 0 Å². The smallest absolute Gasteiger partial charge is 0.338 e. The van der Waals surface area contributed by atoms with Gasteiger partial charge in [-0.3, -0.25) is 0 Å². The minimum absolute atomic E-state index is 0.296. The zero-order chi connectivity index (χ0) is 14.0. The zero-order valence-corrected chi connectivity index (χ0v) is 11.8. The third kappa shape index (κ3) is 2.53. The number of hydrogen-bond acceptors (Lipinski definition) is 2. The zero-order valence-electron chi connectivity index (χ0n) is 11.8. The van der Waals surface area contributed by atoms with Crippen LogP contribution < -0.4 is 0 Å². The average Bonchev–Trinajstić information content (AvgIpc) is 2.37. The van der Waals surface area contributed by atoms with Gasteiger partial charge in [-0.15, -0.1) is 0 Å². The van der Waals surface area contributed by atoms with Crippen LogP contribution in [0.2, 0.25) is 0 Å². The van der Waals surface area contributed by atoms with Gasteiger partial charge < -0.3 is 4.74 Å². The SMILES string of the molecule is COC(=O)c1ccccc1-c1c(C)cc(C)cc1C. The maximum absolute atomic E-state index is 11.9. The highest BCUT2D eigenvalue weighted by Crippen LogP contribution is 2.31. The molecule has 0 saturated heterocycles. The summed E-state index contributed by atoms with van der Waals surface area (Å²) in [7, 11) is 1.41. The van der Waals surface area contributed by atoms with E-state index >= 15 is 0 Å². The van der Waals surface area contributed by atoms with Crippen molar-refractivity contribution in [3.63, 3.8) is 0 Å². The molecule has 0 saturated carbocycles. The summed E-state index contributed by atoms with van der Waals surface area (Å²) in [6, 6.07) is 11.8. The second-order valence-corrected chi connectivity index (χ2v) is 4.81. The van der Waals surface area contributed by atoms with E-state index in [1.165, 1.54) is 23.8 Å². The first-order chi connectivity index (χ1) is 9.04. The quantitative estimate of drug-likeness (QED) is 0.755. The van der Waals surface area contributed by atoms with E-state index in [9.17, 15) is 4.79 Å². The molecule has 2 rings (SSSR count). The van der Waals surface area contributed by atoms with Crippen LogP contribution in [-0.4, -0.2) is 13.1 Å². The largest absolute Gasteiger partial charge is 0.465 e. The Labute approximate surface area is 114 Å². The van der Waals surface area contributed by atoms with E-state index in [0.29, 0.717) is 5.56 Å². The Hall–Kier alpha value is -2.09. The highest BCUT2D eigenvalue weighted by Gasteiger charge is 2.15. The molecule has 0 unspecified atom stereocenters. The van der Waals surface area contributed by atoms with Gasteiger partial charge in [-0.25, -0.2) is 4.79 Å². The summed E-state index contributed by atoms with van der Waals surface area (Å²) in [4.78, 5) is 11.9. The maximum Gasteiger partial charge on any atom is 0.338 e. The van der Waals surface area contributed by atoms with Crippen LogP contribution in [0.15, 0.2) is 36.4 Å². The van der Waals surface area contributed by atoms with E-state index in [1.807, 2.05) is 18.2 Å². The van der Waals surface area contributed by atoms with Crippen molar-refractivity contribution in [2.75, 3.05) is 7.11 Å². The van der Waals surface area contributed by atoms with Crippen molar-refractivity contribution in [1.29, 1.82) is 0 Å². The van der Waals surface area contributed by atoms with Gasteiger partial charge in [0.2, 0.25) is 0 Å². The number of ether oxygens (including phenoxy) is 1. The molecule has 2 aromatic carbocycles. The molecule has 0 radical (unpaired) electrons. The Balaban J connectivity index is 2.70. The first-order valence-corrected chi connectivity index (χ1v) is 6.30. The van der Waals surface area contributed by atoms with E-state index in [-0.39, 0.29) is 5.97 Å². The van der Waals surface area contributed by atoms with Crippen LogP contribution in [-0.2, 0) is 4.74 Å². The van der Waals surface area contributed by atoms with E-state index < -0.39 is 0 Å². The standard InChI is InChI=1S/C17H18O2/c1-11-9-12(2)16(13(3)10-11)14-7-5-6-8-15(14)17(18)19-4/h5-10H,1-4H3. The Morgan fingerprint density at radius 3 is 2.16 bits per heavy atom. The molecule has 98 valence electrons. The van der Waals surface area contributed by atoms with Gasteiger partial charge in [0.25, 0.3) is 0 Å². The average molecular weight is 254 g/mol. The number of esters is 1. The minimum Gasteiger partial charge on any atom is -0.465 e. The van der Waals surface area contributed by atoms with Crippen molar-refractivity contribution >= 4 is 5.97 Å². The van der Waals surface area contributed by atoms with Crippen LogP contribution in [0.25, 0.3) is 11.1 Å². The van der Waals surface area contributed by atoms with Gasteiger partial charge in [0.15, 0.2) is 0 Å². The molecule has 0 aliphatic heterocycles. The fraction of sp³-hybridized carbons (Fsp3) is 0.235. The fourth-order valence-electron chi connectivity index (χ4n) is 2.59. The van der Waals surface area contributed by atoms with Gasteiger partial charge >= 0.3 is 5.97 Å². The molecule has 19 heavy (non-hydrogen) atoms. The van der Waals surface area contributed by atoms with Crippen LogP contribution in [0.4, 0.5) is 0 Å². The molecule has 2 aromatic rings. The molecule has 0 N–H and O–H groups in total. The lowest BCUT2D eigenvalue weighted by molar-refractivity contribution is 0.0601. The van der Waals surface area contributed by atoms with Gasteiger partial charge in [-0.1, -0.05) is 35.9 Å². The fourth-order valence-corrected chi connectivity index (χ4v) is 2.59. The number of carbonyl (C=O) groups excluding carboxylic acids is 1. The Kier molecular flexibility index (Phi) is 3.70. The highest BCUT2D eigenvalue weighted by atomic mass is 16.5. The molecule has 0 heterocycles. The molecule has 0 bridgehead atoms. The lowest BCUT2D eigenvalue weighted by Crippen LogP contribution is -2.04. The van der Waals surface area contributed by atoms with Crippen LogP contribution in [0.3, 0.4) is 0 Å². The number of benzene rings is 2. The maximum atomic E-state index is 11.9. The normalized spacial score (nSPS) is 10.3. The van der Waals surface area contributed by atoms with E-state index in [1.54, 1.807) is 6.07 Å². The number of hydrogen-bond donors (Lipinski definition) is 0. The minimum atomic E-state index is -0.296. The van der Waals surface area contributed by atoms with Crippen molar-refractivity contribution in [2.45, 2.75) is 20.8 Å².